The summed E-state index contributed by atoms with van der Waals surface area (Å²) in [6.07, 6.45) is 0.526. The van der Waals surface area contributed by atoms with Gasteiger partial charge in [-0.2, -0.15) is 14.4 Å². The van der Waals surface area contributed by atoms with E-state index >= 15 is 0 Å². The van der Waals surface area contributed by atoms with Gasteiger partial charge in [0.2, 0.25) is 0 Å². The molecule has 0 aliphatic rings. The second-order valence-electron chi connectivity index (χ2n) is 5.73. The first-order valence-corrected chi connectivity index (χ1v) is 7.65. The van der Waals surface area contributed by atoms with E-state index < -0.39 is 12.1 Å². The van der Waals surface area contributed by atoms with Crippen LogP contribution in [0.4, 0.5) is 10.2 Å². The first kappa shape index (κ1) is 15.2. The van der Waals surface area contributed by atoms with Crippen molar-refractivity contribution in [3.8, 4) is 0 Å². The van der Waals surface area contributed by atoms with Crippen molar-refractivity contribution in [2.75, 3.05) is 5.32 Å². The van der Waals surface area contributed by atoms with Crippen LogP contribution < -0.4 is 10.9 Å². The van der Waals surface area contributed by atoms with Gasteiger partial charge in [-0.3, -0.25) is 4.79 Å². The van der Waals surface area contributed by atoms with Gasteiger partial charge in [0, 0.05) is 0 Å². The second kappa shape index (κ2) is 5.62. The molecule has 1 aromatic carbocycles. The van der Waals surface area contributed by atoms with Crippen LogP contribution in [0, 0.1) is 13.0 Å². The van der Waals surface area contributed by atoms with E-state index in [1.54, 1.807) is 13.0 Å². The standard InChI is InChI=1S/C16H14FN7O/c1-7-4-3-5-9-10(7)15(25)22-12(21-9)8(2)20-14-11-13(19-6-18-11)23-16(17)24-14/h3-6,8H,1-2H3,(H,21,22,25)(H2,18,19,20,23,24). The maximum absolute atomic E-state index is 13.6. The number of hydrogen-bond acceptors (Lipinski definition) is 6. The minimum absolute atomic E-state index is 0.215. The van der Waals surface area contributed by atoms with Crippen LogP contribution in [0.1, 0.15) is 24.4 Å². The normalized spacial score (nSPS) is 12.6. The fraction of sp³-hybridized carbons (Fsp3) is 0.188. The number of halogens is 1. The highest BCUT2D eigenvalue weighted by Gasteiger charge is 2.16. The van der Waals surface area contributed by atoms with Gasteiger partial charge < -0.3 is 15.3 Å². The van der Waals surface area contributed by atoms with E-state index in [-0.39, 0.29) is 17.0 Å². The summed E-state index contributed by atoms with van der Waals surface area (Å²) in [5, 5.41) is 3.60. The van der Waals surface area contributed by atoms with Gasteiger partial charge in [-0.1, -0.05) is 12.1 Å². The van der Waals surface area contributed by atoms with Gasteiger partial charge in [0.15, 0.2) is 11.5 Å². The van der Waals surface area contributed by atoms with E-state index in [1.807, 2.05) is 19.1 Å². The smallest absolute Gasteiger partial charge is 0.312 e. The van der Waals surface area contributed by atoms with E-state index in [1.165, 1.54) is 6.33 Å². The number of anilines is 1. The zero-order chi connectivity index (χ0) is 17.6. The van der Waals surface area contributed by atoms with Crippen LogP contribution >= 0.6 is 0 Å². The molecule has 0 fully saturated rings. The maximum Gasteiger partial charge on any atom is 0.312 e. The fourth-order valence-corrected chi connectivity index (χ4v) is 2.77. The Labute approximate surface area is 140 Å². The molecule has 0 bridgehead atoms. The summed E-state index contributed by atoms with van der Waals surface area (Å²) in [4.78, 5) is 33.8. The van der Waals surface area contributed by atoms with Gasteiger partial charge in [0.25, 0.3) is 5.56 Å². The molecule has 0 spiro atoms. The molecule has 8 nitrogen and oxygen atoms in total. The number of H-pyrrole nitrogens is 2. The SMILES string of the molecule is Cc1cccc2nc(C(C)Nc3nc(F)nc4nc[nH]c34)[nH]c(=O)c12. The lowest BCUT2D eigenvalue weighted by molar-refractivity contribution is 0.544. The molecule has 0 radical (unpaired) electrons. The molecule has 0 aliphatic heterocycles. The van der Waals surface area contributed by atoms with Crippen molar-refractivity contribution in [3.63, 3.8) is 0 Å². The van der Waals surface area contributed by atoms with Crippen molar-refractivity contribution < 1.29 is 4.39 Å². The largest absolute Gasteiger partial charge is 0.358 e. The molecule has 126 valence electrons. The molecule has 9 heteroatoms. The van der Waals surface area contributed by atoms with Crippen molar-refractivity contribution in [3.05, 3.63) is 52.3 Å². The first-order valence-electron chi connectivity index (χ1n) is 7.65. The Morgan fingerprint density at radius 1 is 1.24 bits per heavy atom. The third kappa shape index (κ3) is 2.59. The number of aromatic amines is 2. The van der Waals surface area contributed by atoms with Crippen LogP contribution in [0.2, 0.25) is 0 Å². The van der Waals surface area contributed by atoms with Crippen LogP contribution in [0.3, 0.4) is 0 Å². The number of nitrogens with zero attached hydrogens (tertiary/aromatic N) is 4. The lowest BCUT2D eigenvalue weighted by Crippen LogP contribution is -2.19. The van der Waals surface area contributed by atoms with Crippen LogP contribution in [0.15, 0.2) is 29.3 Å². The average molecular weight is 339 g/mol. The zero-order valence-electron chi connectivity index (χ0n) is 13.5. The highest BCUT2D eigenvalue weighted by atomic mass is 19.1. The number of aromatic nitrogens is 6. The van der Waals surface area contributed by atoms with E-state index in [0.717, 1.165) is 5.56 Å². The quantitative estimate of drug-likeness (QED) is 0.493. The molecular formula is C16H14FN7O. The van der Waals surface area contributed by atoms with Gasteiger partial charge in [0.1, 0.15) is 11.3 Å². The average Bonchev–Trinajstić information content (AvgIpc) is 3.02. The van der Waals surface area contributed by atoms with Crippen molar-refractivity contribution in [1.29, 1.82) is 0 Å². The molecule has 1 unspecified atom stereocenters. The molecular weight excluding hydrogens is 325 g/mol. The Bertz CT molecular complexity index is 1150. The van der Waals surface area contributed by atoms with E-state index in [9.17, 15) is 9.18 Å². The molecule has 25 heavy (non-hydrogen) atoms. The first-order chi connectivity index (χ1) is 12.0. The lowest BCUT2D eigenvalue weighted by atomic mass is 10.1. The molecule has 3 aromatic heterocycles. The van der Waals surface area contributed by atoms with Crippen molar-refractivity contribution in [2.24, 2.45) is 0 Å². The highest BCUT2D eigenvalue weighted by Crippen LogP contribution is 2.21. The number of benzene rings is 1. The molecule has 4 rings (SSSR count). The summed E-state index contributed by atoms with van der Waals surface area (Å²) < 4.78 is 13.6. The third-order valence-electron chi connectivity index (χ3n) is 3.98. The second-order valence-corrected chi connectivity index (χ2v) is 5.73. The number of nitrogens with one attached hydrogen (secondary N) is 3. The summed E-state index contributed by atoms with van der Waals surface area (Å²) >= 11 is 0. The van der Waals surface area contributed by atoms with Gasteiger partial charge in [-0.05, 0) is 25.5 Å². The highest BCUT2D eigenvalue weighted by molar-refractivity contribution is 5.82. The number of hydrogen-bond donors (Lipinski definition) is 3. The molecule has 4 aromatic rings. The number of aryl methyl sites for hydroxylation is 1. The molecule has 0 aliphatic carbocycles. The third-order valence-corrected chi connectivity index (χ3v) is 3.98. The minimum Gasteiger partial charge on any atom is -0.358 e. The van der Waals surface area contributed by atoms with E-state index in [0.29, 0.717) is 22.2 Å². The van der Waals surface area contributed by atoms with Gasteiger partial charge in [-0.15, -0.1) is 0 Å². The Morgan fingerprint density at radius 2 is 2.08 bits per heavy atom. The maximum atomic E-state index is 13.6. The fourth-order valence-electron chi connectivity index (χ4n) is 2.77. The van der Waals surface area contributed by atoms with Gasteiger partial charge in [-0.25, -0.2) is 9.97 Å². The number of imidazole rings is 1. The molecule has 0 saturated heterocycles. The molecule has 3 heterocycles. The topological polar surface area (TPSA) is 112 Å². The Hall–Kier alpha value is -3.36. The van der Waals surface area contributed by atoms with Gasteiger partial charge >= 0.3 is 6.08 Å². The summed E-state index contributed by atoms with van der Waals surface area (Å²) in [7, 11) is 0. The Kier molecular flexibility index (Phi) is 3.41. The predicted octanol–water partition coefficient (Wildman–Crippen LogP) is 2.21. The van der Waals surface area contributed by atoms with Crippen LogP contribution in [0.25, 0.3) is 22.1 Å². The summed E-state index contributed by atoms with van der Waals surface area (Å²) in [5.74, 6) is 0.675. The summed E-state index contributed by atoms with van der Waals surface area (Å²) in [6.45, 7) is 3.65. The number of fused-ring (bicyclic) bond motifs is 2. The van der Waals surface area contributed by atoms with E-state index in [4.69, 9.17) is 0 Å². The Balaban J connectivity index is 1.76. The van der Waals surface area contributed by atoms with Crippen molar-refractivity contribution in [1.82, 2.24) is 29.9 Å². The van der Waals surface area contributed by atoms with Gasteiger partial charge in [0.05, 0.1) is 23.3 Å². The van der Waals surface area contributed by atoms with Crippen LogP contribution in [-0.2, 0) is 0 Å². The predicted molar refractivity (Wildman–Crippen MR) is 90.8 cm³/mol. The molecule has 1 atom stereocenters. The molecule has 3 N–H and O–H groups in total. The Morgan fingerprint density at radius 3 is 2.92 bits per heavy atom. The zero-order valence-corrected chi connectivity index (χ0v) is 13.5. The number of rotatable bonds is 3. The van der Waals surface area contributed by atoms with E-state index in [2.05, 4.69) is 35.2 Å². The molecule has 0 saturated carbocycles. The van der Waals surface area contributed by atoms with Crippen molar-refractivity contribution in [2.45, 2.75) is 19.9 Å². The minimum atomic E-state index is -0.884. The van der Waals surface area contributed by atoms with Crippen LogP contribution in [0.5, 0.6) is 0 Å². The molecule has 0 amide bonds. The summed E-state index contributed by atoms with van der Waals surface area (Å²) in [6, 6.07) is 5.07. The van der Waals surface area contributed by atoms with Crippen LogP contribution in [-0.4, -0.2) is 29.9 Å². The lowest BCUT2D eigenvalue weighted by Gasteiger charge is -2.15. The monoisotopic (exact) mass is 339 g/mol. The summed E-state index contributed by atoms with van der Waals surface area (Å²) in [5.41, 5.74) is 1.95. The van der Waals surface area contributed by atoms with Crippen molar-refractivity contribution >= 4 is 27.9 Å².